The van der Waals surface area contributed by atoms with E-state index in [1.54, 1.807) is 4.68 Å². The van der Waals surface area contributed by atoms with Crippen molar-refractivity contribution in [1.29, 1.82) is 0 Å². The highest BCUT2D eigenvalue weighted by molar-refractivity contribution is 6.19. The Balaban J connectivity index is 1.20. The van der Waals surface area contributed by atoms with Crippen LogP contribution in [0.5, 0.6) is 0 Å². The van der Waals surface area contributed by atoms with Gasteiger partial charge in [0.25, 0.3) is 11.5 Å². The number of aliphatic imine (C=N–C) groups is 2. The first kappa shape index (κ1) is 21.6. The first-order chi connectivity index (χ1) is 15.7. The summed E-state index contributed by atoms with van der Waals surface area (Å²) in [5, 5.41) is 15.2. The van der Waals surface area contributed by atoms with Gasteiger partial charge in [-0.05, 0) is 99.2 Å². The molecule has 1 N–H and O–H groups in total. The van der Waals surface area contributed by atoms with Gasteiger partial charge in [-0.2, -0.15) is 4.99 Å². The zero-order chi connectivity index (χ0) is 23.0. The third-order valence-corrected chi connectivity index (χ3v) is 10.8. The molecule has 6 heteroatoms. The Labute approximate surface area is 197 Å². The third-order valence-electron chi connectivity index (χ3n) is 10.8. The molecule has 0 bridgehead atoms. The lowest BCUT2D eigenvalue weighted by Crippen LogP contribution is -2.55. The van der Waals surface area contributed by atoms with Gasteiger partial charge in [0.1, 0.15) is 12.7 Å². The first-order valence-electron chi connectivity index (χ1n) is 13.0. The van der Waals surface area contributed by atoms with Crippen LogP contribution in [0.2, 0.25) is 0 Å². The zero-order valence-electron chi connectivity index (χ0n) is 20.3. The van der Waals surface area contributed by atoms with Crippen LogP contribution < -0.4 is 0 Å². The van der Waals surface area contributed by atoms with E-state index < -0.39 is 5.60 Å². The Morgan fingerprint density at radius 2 is 1.91 bits per heavy atom. The van der Waals surface area contributed by atoms with Gasteiger partial charge in [-0.3, -0.25) is 4.79 Å². The maximum absolute atomic E-state index is 13.5. The lowest BCUT2D eigenvalue weighted by molar-refractivity contribution is -0.151. The van der Waals surface area contributed by atoms with E-state index in [1.165, 1.54) is 31.9 Å². The van der Waals surface area contributed by atoms with Crippen molar-refractivity contribution < 1.29 is 9.90 Å². The van der Waals surface area contributed by atoms with Crippen molar-refractivity contribution in [3.05, 3.63) is 6.20 Å². The highest BCUT2D eigenvalue weighted by Crippen LogP contribution is 2.68. The van der Waals surface area contributed by atoms with Crippen molar-refractivity contribution in [3.8, 4) is 0 Å². The first-order valence-corrected chi connectivity index (χ1v) is 13.0. The Morgan fingerprint density at radius 1 is 1.09 bits per heavy atom. The smallest absolute Gasteiger partial charge is 0.289 e. The number of hydrogen-bond acceptors (Lipinski definition) is 5. The molecular weight excluding hydrogens is 412 g/mol. The second-order valence-corrected chi connectivity index (χ2v) is 12.5. The predicted octanol–water partition coefficient (Wildman–Crippen LogP) is 5.16. The molecule has 4 fully saturated rings. The van der Waals surface area contributed by atoms with Crippen molar-refractivity contribution in [3.63, 3.8) is 0 Å². The van der Waals surface area contributed by atoms with Crippen LogP contribution in [0.4, 0.5) is 11.5 Å². The highest BCUT2D eigenvalue weighted by Gasteiger charge is 2.61. The van der Waals surface area contributed by atoms with E-state index in [0.29, 0.717) is 41.1 Å². The summed E-state index contributed by atoms with van der Waals surface area (Å²) in [6.07, 6.45) is 16.3. The summed E-state index contributed by atoms with van der Waals surface area (Å²) in [7, 11) is 0. The summed E-state index contributed by atoms with van der Waals surface area (Å²) in [6.45, 7) is 7.30. The van der Waals surface area contributed by atoms with E-state index in [4.69, 9.17) is 0 Å². The van der Waals surface area contributed by atoms with E-state index in [-0.39, 0.29) is 11.3 Å². The van der Waals surface area contributed by atoms with Gasteiger partial charge in [0.15, 0.2) is 12.0 Å². The summed E-state index contributed by atoms with van der Waals surface area (Å²) >= 11 is 0. The molecule has 0 aromatic carbocycles. The molecule has 1 aliphatic heterocycles. The lowest BCUT2D eigenvalue weighted by Gasteiger charge is -2.61. The Kier molecular flexibility index (Phi) is 4.78. The van der Waals surface area contributed by atoms with Crippen molar-refractivity contribution in [2.24, 2.45) is 50.4 Å². The lowest BCUT2D eigenvalue weighted by atomic mass is 9.44. The van der Waals surface area contributed by atoms with Gasteiger partial charge in [0, 0.05) is 10.9 Å². The van der Waals surface area contributed by atoms with Crippen LogP contribution in [0.3, 0.4) is 0 Å². The van der Waals surface area contributed by atoms with Crippen molar-refractivity contribution in [2.75, 3.05) is 0 Å². The Bertz CT molecular complexity index is 996. The number of hydrogen-bond donors (Lipinski definition) is 1. The second kappa shape index (κ2) is 7.29. The average Bonchev–Trinajstić information content (AvgIpc) is 3.34. The Morgan fingerprint density at radius 3 is 2.73 bits per heavy atom. The molecule has 0 saturated heterocycles. The maximum Gasteiger partial charge on any atom is 0.289 e. The van der Waals surface area contributed by atoms with Crippen LogP contribution in [0.15, 0.2) is 16.2 Å². The van der Waals surface area contributed by atoms with Gasteiger partial charge < -0.3 is 5.11 Å². The average molecular weight is 450 g/mol. The number of carbonyl (C=O) groups is 1. The fourth-order valence-corrected chi connectivity index (χ4v) is 9.07. The third kappa shape index (κ3) is 3.28. The fraction of sp³-hybridized carbons (Fsp3) is 0.778. The number of aromatic nitrogens is 2. The monoisotopic (exact) mass is 449 g/mol. The highest BCUT2D eigenvalue weighted by atomic mass is 16.3. The number of carbonyl (C=O) groups excluding carboxylic acids is 1. The van der Waals surface area contributed by atoms with E-state index in [9.17, 15) is 9.90 Å². The van der Waals surface area contributed by atoms with Crippen molar-refractivity contribution >= 4 is 29.7 Å². The molecule has 6 rings (SSSR count). The van der Waals surface area contributed by atoms with Gasteiger partial charge in [0.05, 0.1) is 5.60 Å². The van der Waals surface area contributed by atoms with Gasteiger partial charge in [0.2, 0.25) is 6.21 Å². The molecule has 1 aromatic rings. The number of nitrogens with zero attached hydrogens (tertiary/aromatic N) is 4. The van der Waals surface area contributed by atoms with E-state index in [0.717, 1.165) is 43.9 Å². The number of Topliss-reactive ketones (excluding diaryl/α,β-unsaturated/α-hetero) is 1. The SMILES string of the molecule is C[C@@]1(O)CC[C@@]2(C)[C@@H](CC[C@@H]3[C@@H]2CC[C@]2(C)[C@@H](C(=O)Cn4cc5c(n4)N=C[C+]=N5)CC[C@@H]32)C1. The molecule has 0 spiro atoms. The zero-order valence-corrected chi connectivity index (χ0v) is 20.3. The normalized spacial score (nSPS) is 45.5. The predicted molar refractivity (Wildman–Crippen MR) is 128 cm³/mol. The molecule has 0 unspecified atom stereocenters. The summed E-state index contributed by atoms with van der Waals surface area (Å²) in [5.41, 5.74) is 0.683. The van der Waals surface area contributed by atoms with Crippen molar-refractivity contribution in [1.82, 2.24) is 9.78 Å². The molecular formula is C27H37N4O2+. The molecule has 176 valence electrons. The van der Waals surface area contributed by atoms with Crippen LogP contribution in [-0.4, -0.2) is 38.7 Å². The summed E-state index contributed by atoms with van der Waals surface area (Å²) in [6, 6.07) is 0. The number of fused-ring (bicyclic) bond motifs is 6. The van der Waals surface area contributed by atoms with Gasteiger partial charge >= 0.3 is 0 Å². The van der Waals surface area contributed by atoms with Gasteiger partial charge in [-0.15, -0.1) is 5.10 Å². The minimum atomic E-state index is -0.481. The maximum atomic E-state index is 13.5. The van der Waals surface area contributed by atoms with Crippen LogP contribution in [0.1, 0.15) is 78.6 Å². The molecule has 2 heterocycles. The molecule has 33 heavy (non-hydrogen) atoms. The minimum Gasteiger partial charge on any atom is -0.390 e. The van der Waals surface area contributed by atoms with E-state index in [1.807, 2.05) is 13.1 Å². The minimum absolute atomic E-state index is 0.110. The van der Waals surface area contributed by atoms with Gasteiger partial charge in [-0.25, -0.2) is 4.68 Å². The summed E-state index contributed by atoms with van der Waals surface area (Å²) in [4.78, 5) is 21.9. The number of aliphatic hydroxyl groups is 1. The molecule has 4 saturated carbocycles. The van der Waals surface area contributed by atoms with Crippen molar-refractivity contribution in [2.45, 2.75) is 90.7 Å². The fourth-order valence-electron chi connectivity index (χ4n) is 9.07. The topological polar surface area (TPSA) is 79.8 Å². The van der Waals surface area contributed by atoms with Crippen LogP contribution in [0.25, 0.3) is 0 Å². The summed E-state index contributed by atoms with van der Waals surface area (Å²) in [5.74, 6) is 3.82. The molecule has 4 aliphatic carbocycles. The van der Waals surface area contributed by atoms with Crippen LogP contribution >= 0.6 is 0 Å². The summed E-state index contributed by atoms with van der Waals surface area (Å²) < 4.78 is 1.73. The molecule has 1 aromatic heterocycles. The van der Waals surface area contributed by atoms with Crippen LogP contribution in [0, 0.1) is 40.4 Å². The largest absolute Gasteiger partial charge is 0.390 e. The number of rotatable bonds is 3. The molecule has 6 nitrogen and oxygen atoms in total. The molecule has 0 radical (unpaired) electrons. The molecule has 5 aliphatic rings. The van der Waals surface area contributed by atoms with Crippen LogP contribution in [-0.2, 0) is 11.3 Å². The quantitative estimate of drug-likeness (QED) is 0.648. The van der Waals surface area contributed by atoms with E-state index >= 15 is 0 Å². The second-order valence-electron chi connectivity index (χ2n) is 12.5. The molecule has 8 atom stereocenters. The molecule has 0 amide bonds. The van der Waals surface area contributed by atoms with E-state index in [2.05, 4.69) is 35.1 Å². The number of ketones is 1. The standard InChI is InChI=1S/C27H37N4O2/c1-25(33)10-11-26(2)17(14-25)4-5-18-19-6-7-21(27(19,3)9-8-20(18)26)23(32)16-31-15-22-24(30-31)29-13-12-28-22/h13,15,17-21,33H,4-11,14,16H2,1-3H3/q+1/t17-,18-,19-,20-,21+,25+,26-,27-/m0/s1. The Hall–Kier alpha value is -1.91. The van der Waals surface area contributed by atoms with Gasteiger partial charge in [-0.1, -0.05) is 13.8 Å².